The van der Waals surface area contributed by atoms with Crippen LogP contribution in [-0.4, -0.2) is 11.5 Å². The van der Waals surface area contributed by atoms with Gasteiger partial charge < -0.3 is 5.32 Å². The van der Waals surface area contributed by atoms with Crippen molar-refractivity contribution in [2.75, 3.05) is 6.54 Å². The first-order valence-electron chi connectivity index (χ1n) is 7.62. The molecule has 1 aromatic heterocycles. The fourth-order valence-corrected chi connectivity index (χ4v) is 4.33. The van der Waals surface area contributed by atoms with Crippen molar-refractivity contribution in [3.63, 3.8) is 0 Å². The zero-order valence-corrected chi connectivity index (χ0v) is 12.0. The van der Waals surface area contributed by atoms with Crippen LogP contribution in [-0.2, 0) is 0 Å². The Morgan fingerprint density at radius 1 is 1.00 bits per heavy atom. The Bertz CT molecular complexity index is 360. The Morgan fingerprint density at radius 3 is 2.50 bits per heavy atom. The monoisotopic (exact) mass is 264 g/mol. The molecule has 1 saturated carbocycles. The molecule has 2 aliphatic rings. The molecule has 0 amide bonds. The van der Waals surface area contributed by atoms with Crippen molar-refractivity contribution in [1.82, 2.24) is 10.3 Å². The highest BCUT2D eigenvalue weighted by molar-refractivity contribution is 7.09. The molecule has 3 heteroatoms. The SMILES string of the molecule is c1sc(C2CCCCCCC2)nc1C1CCCN1. The molecule has 3 rings (SSSR count). The molecule has 2 fully saturated rings. The van der Waals surface area contributed by atoms with E-state index in [0.717, 1.165) is 5.92 Å². The molecule has 0 bridgehead atoms. The van der Waals surface area contributed by atoms with Gasteiger partial charge in [0, 0.05) is 11.3 Å². The average molecular weight is 264 g/mol. The van der Waals surface area contributed by atoms with E-state index in [1.165, 1.54) is 75.0 Å². The van der Waals surface area contributed by atoms with Crippen LogP contribution in [0.3, 0.4) is 0 Å². The van der Waals surface area contributed by atoms with Crippen molar-refractivity contribution in [3.05, 3.63) is 16.1 Å². The van der Waals surface area contributed by atoms with Crippen molar-refractivity contribution < 1.29 is 0 Å². The number of aromatic nitrogens is 1. The van der Waals surface area contributed by atoms with Gasteiger partial charge in [-0.15, -0.1) is 11.3 Å². The molecule has 1 aromatic rings. The van der Waals surface area contributed by atoms with E-state index in [1.807, 2.05) is 11.3 Å². The molecule has 1 unspecified atom stereocenters. The van der Waals surface area contributed by atoms with Gasteiger partial charge in [0.05, 0.1) is 16.7 Å². The van der Waals surface area contributed by atoms with Gasteiger partial charge in [-0.05, 0) is 32.2 Å². The molecular weight excluding hydrogens is 240 g/mol. The van der Waals surface area contributed by atoms with E-state index in [0.29, 0.717) is 6.04 Å². The summed E-state index contributed by atoms with van der Waals surface area (Å²) in [6.07, 6.45) is 12.4. The van der Waals surface area contributed by atoms with E-state index in [-0.39, 0.29) is 0 Å². The largest absolute Gasteiger partial charge is 0.309 e. The molecule has 2 nitrogen and oxygen atoms in total. The summed E-state index contributed by atoms with van der Waals surface area (Å²) in [6, 6.07) is 0.545. The summed E-state index contributed by atoms with van der Waals surface area (Å²) < 4.78 is 0. The fraction of sp³-hybridized carbons (Fsp3) is 0.800. The molecule has 0 aromatic carbocycles. The molecule has 1 aliphatic heterocycles. The average Bonchev–Trinajstić information content (AvgIpc) is 2.98. The smallest absolute Gasteiger partial charge is 0.0959 e. The van der Waals surface area contributed by atoms with Gasteiger partial charge in [-0.25, -0.2) is 4.98 Å². The third kappa shape index (κ3) is 2.94. The molecule has 0 radical (unpaired) electrons. The van der Waals surface area contributed by atoms with Crippen molar-refractivity contribution in [1.29, 1.82) is 0 Å². The van der Waals surface area contributed by atoms with Gasteiger partial charge in [0.1, 0.15) is 0 Å². The quantitative estimate of drug-likeness (QED) is 0.856. The minimum Gasteiger partial charge on any atom is -0.309 e. The number of thiazole rings is 1. The molecule has 1 aliphatic carbocycles. The summed E-state index contributed by atoms with van der Waals surface area (Å²) in [4.78, 5) is 4.94. The third-order valence-corrected chi connectivity index (χ3v) is 5.44. The van der Waals surface area contributed by atoms with Gasteiger partial charge in [-0.2, -0.15) is 0 Å². The summed E-state index contributed by atoms with van der Waals surface area (Å²) in [6.45, 7) is 1.17. The van der Waals surface area contributed by atoms with Gasteiger partial charge in [-0.3, -0.25) is 0 Å². The lowest BCUT2D eigenvalue weighted by Crippen LogP contribution is -2.13. The molecular formula is C15H24N2S. The minimum atomic E-state index is 0.545. The Kier molecular flexibility index (Phi) is 4.32. The van der Waals surface area contributed by atoms with Crippen LogP contribution in [0, 0.1) is 0 Å². The van der Waals surface area contributed by atoms with Gasteiger partial charge in [0.25, 0.3) is 0 Å². The summed E-state index contributed by atoms with van der Waals surface area (Å²) in [5, 5.41) is 7.28. The Labute approximate surface area is 114 Å². The standard InChI is InChI=1S/C15H24N2S/c1-2-4-7-12(8-5-3-1)15-17-14(11-18-15)13-9-6-10-16-13/h11-13,16H,1-10H2. The molecule has 1 saturated heterocycles. The number of hydrogen-bond donors (Lipinski definition) is 1. The van der Waals surface area contributed by atoms with E-state index in [9.17, 15) is 0 Å². The van der Waals surface area contributed by atoms with Crippen LogP contribution in [0.25, 0.3) is 0 Å². The van der Waals surface area contributed by atoms with Crippen molar-refractivity contribution in [3.8, 4) is 0 Å². The summed E-state index contributed by atoms with van der Waals surface area (Å²) in [7, 11) is 0. The lowest BCUT2D eigenvalue weighted by molar-refractivity contribution is 0.453. The van der Waals surface area contributed by atoms with Crippen molar-refractivity contribution >= 4 is 11.3 Å². The Hall–Kier alpha value is -0.410. The summed E-state index contributed by atoms with van der Waals surface area (Å²) in [5.41, 5.74) is 1.31. The van der Waals surface area contributed by atoms with Gasteiger partial charge in [0.2, 0.25) is 0 Å². The lowest BCUT2D eigenvalue weighted by Gasteiger charge is -2.17. The van der Waals surface area contributed by atoms with Crippen LogP contribution >= 0.6 is 11.3 Å². The summed E-state index contributed by atoms with van der Waals surface area (Å²) >= 11 is 1.91. The minimum absolute atomic E-state index is 0.545. The van der Waals surface area contributed by atoms with Gasteiger partial charge >= 0.3 is 0 Å². The molecule has 100 valence electrons. The van der Waals surface area contributed by atoms with Gasteiger partial charge in [0.15, 0.2) is 0 Å². The van der Waals surface area contributed by atoms with E-state index < -0.39 is 0 Å². The number of nitrogens with zero attached hydrogens (tertiary/aromatic N) is 1. The highest BCUT2D eigenvalue weighted by Crippen LogP contribution is 2.34. The second-order valence-corrected chi connectivity index (χ2v) is 6.69. The number of rotatable bonds is 2. The van der Waals surface area contributed by atoms with Gasteiger partial charge in [-0.1, -0.05) is 32.1 Å². The maximum absolute atomic E-state index is 4.94. The summed E-state index contributed by atoms with van der Waals surface area (Å²) in [5.74, 6) is 0.755. The van der Waals surface area contributed by atoms with Crippen molar-refractivity contribution in [2.24, 2.45) is 0 Å². The van der Waals surface area contributed by atoms with E-state index in [2.05, 4.69) is 10.7 Å². The first kappa shape index (κ1) is 12.6. The lowest BCUT2D eigenvalue weighted by atomic mass is 9.92. The molecule has 2 heterocycles. The van der Waals surface area contributed by atoms with E-state index >= 15 is 0 Å². The predicted octanol–water partition coefficient (Wildman–Crippen LogP) is 4.40. The van der Waals surface area contributed by atoms with Crippen LogP contribution in [0.1, 0.15) is 80.4 Å². The highest BCUT2D eigenvalue weighted by atomic mass is 32.1. The van der Waals surface area contributed by atoms with E-state index in [4.69, 9.17) is 4.98 Å². The first-order valence-corrected chi connectivity index (χ1v) is 8.50. The van der Waals surface area contributed by atoms with Crippen LogP contribution in [0.15, 0.2) is 5.38 Å². The number of hydrogen-bond acceptors (Lipinski definition) is 3. The highest BCUT2D eigenvalue weighted by Gasteiger charge is 2.22. The molecule has 1 atom stereocenters. The normalized spacial score (nSPS) is 27.0. The molecule has 1 N–H and O–H groups in total. The Balaban J connectivity index is 1.66. The van der Waals surface area contributed by atoms with Crippen LogP contribution in [0.2, 0.25) is 0 Å². The predicted molar refractivity (Wildman–Crippen MR) is 77.2 cm³/mol. The zero-order chi connectivity index (χ0) is 12.2. The van der Waals surface area contributed by atoms with Crippen LogP contribution in [0.4, 0.5) is 0 Å². The molecule has 18 heavy (non-hydrogen) atoms. The van der Waals surface area contributed by atoms with Crippen LogP contribution < -0.4 is 5.32 Å². The zero-order valence-electron chi connectivity index (χ0n) is 11.2. The molecule has 0 spiro atoms. The maximum Gasteiger partial charge on any atom is 0.0959 e. The van der Waals surface area contributed by atoms with E-state index in [1.54, 1.807) is 0 Å². The fourth-order valence-electron chi connectivity index (χ4n) is 3.29. The van der Waals surface area contributed by atoms with Crippen LogP contribution in [0.5, 0.6) is 0 Å². The number of nitrogens with one attached hydrogen (secondary N) is 1. The third-order valence-electron chi connectivity index (χ3n) is 4.41. The van der Waals surface area contributed by atoms with Crippen molar-refractivity contribution in [2.45, 2.75) is 69.7 Å². The topological polar surface area (TPSA) is 24.9 Å². The second kappa shape index (κ2) is 6.16. The Morgan fingerprint density at radius 2 is 1.78 bits per heavy atom. The first-order chi connectivity index (χ1) is 8.93. The maximum atomic E-state index is 4.94. The second-order valence-electron chi connectivity index (χ2n) is 5.80.